The van der Waals surface area contributed by atoms with Crippen LogP contribution in [0.1, 0.15) is 16.8 Å². The van der Waals surface area contributed by atoms with Gasteiger partial charge in [0.25, 0.3) is 5.56 Å². The summed E-state index contributed by atoms with van der Waals surface area (Å²) in [5.74, 6) is 0.713. The summed E-state index contributed by atoms with van der Waals surface area (Å²) < 4.78 is 6.66. The highest BCUT2D eigenvalue weighted by Gasteiger charge is 2.12. The Morgan fingerprint density at radius 1 is 1.26 bits per heavy atom. The molecule has 0 unspecified atom stereocenters. The van der Waals surface area contributed by atoms with E-state index in [1.165, 1.54) is 4.57 Å². The van der Waals surface area contributed by atoms with Crippen molar-refractivity contribution in [3.05, 3.63) is 63.7 Å². The van der Waals surface area contributed by atoms with Crippen LogP contribution in [-0.2, 0) is 0 Å². The molecule has 5 nitrogen and oxygen atoms in total. The predicted molar refractivity (Wildman–Crippen MR) is 90.8 cm³/mol. The largest absolute Gasteiger partial charge is 0.497 e. The van der Waals surface area contributed by atoms with Crippen LogP contribution in [0.2, 0.25) is 0 Å². The molecule has 0 aliphatic rings. The van der Waals surface area contributed by atoms with Crippen molar-refractivity contribution < 1.29 is 4.74 Å². The van der Waals surface area contributed by atoms with E-state index in [0.717, 1.165) is 5.69 Å². The third kappa shape index (κ3) is 3.43. The number of ether oxygens (including phenoxy) is 1. The number of nitriles is 1. The van der Waals surface area contributed by atoms with Crippen LogP contribution in [0.3, 0.4) is 0 Å². The molecule has 0 atom stereocenters. The van der Waals surface area contributed by atoms with Crippen molar-refractivity contribution in [2.45, 2.75) is 6.92 Å². The van der Waals surface area contributed by atoms with Crippen molar-refractivity contribution >= 4 is 6.08 Å². The average Bonchev–Trinajstić information content (AvgIpc) is 2.53. The molecule has 2 aromatic rings. The van der Waals surface area contributed by atoms with Crippen molar-refractivity contribution in [1.82, 2.24) is 9.47 Å². The molecule has 0 amide bonds. The summed E-state index contributed by atoms with van der Waals surface area (Å²) in [6, 6.07) is 11.0. The monoisotopic (exact) mass is 309 g/mol. The van der Waals surface area contributed by atoms with Gasteiger partial charge in [-0.25, -0.2) is 0 Å². The second-order valence-electron chi connectivity index (χ2n) is 5.35. The maximum atomic E-state index is 12.7. The molecule has 0 aliphatic carbocycles. The minimum Gasteiger partial charge on any atom is -0.497 e. The van der Waals surface area contributed by atoms with Gasteiger partial charge in [0, 0.05) is 31.0 Å². The highest BCUT2D eigenvalue weighted by atomic mass is 16.5. The zero-order valence-corrected chi connectivity index (χ0v) is 13.7. The lowest BCUT2D eigenvalue weighted by Crippen LogP contribution is -2.24. The fraction of sp³-hybridized carbons (Fsp3) is 0.222. The third-order valence-electron chi connectivity index (χ3n) is 3.42. The van der Waals surface area contributed by atoms with Crippen LogP contribution in [0.25, 0.3) is 11.8 Å². The van der Waals surface area contributed by atoms with E-state index in [1.54, 1.807) is 37.5 Å². The number of aryl methyl sites for hydroxylation is 1. The second-order valence-corrected chi connectivity index (χ2v) is 5.35. The smallest absolute Gasteiger partial charge is 0.273 e. The maximum Gasteiger partial charge on any atom is 0.273 e. The first-order valence-electron chi connectivity index (χ1n) is 7.13. The number of aromatic nitrogens is 1. The van der Waals surface area contributed by atoms with Gasteiger partial charge in [0.1, 0.15) is 17.4 Å². The van der Waals surface area contributed by atoms with E-state index < -0.39 is 0 Å². The number of benzene rings is 1. The standard InChI is InChI=1S/C18H19N3O2/c1-13-11-14(9-10-20(2)3)17(12-19)18(22)21(13)15-5-7-16(23-4)8-6-15/h5-11H,1-4H3/b10-9+. The Kier molecular flexibility index (Phi) is 4.87. The molecule has 0 spiro atoms. The molecule has 2 rings (SSSR count). The van der Waals surface area contributed by atoms with E-state index in [2.05, 4.69) is 0 Å². The fourth-order valence-electron chi connectivity index (χ4n) is 2.28. The molecule has 0 saturated carbocycles. The molecule has 1 heterocycles. The molecule has 5 heteroatoms. The van der Waals surface area contributed by atoms with Gasteiger partial charge in [-0.3, -0.25) is 9.36 Å². The summed E-state index contributed by atoms with van der Waals surface area (Å²) >= 11 is 0. The molecular weight excluding hydrogens is 290 g/mol. The third-order valence-corrected chi connectivity index (χ3v) is 3.42. The fourth-order valence-corrected chi connectivity index (χ4v) is 2.28. The van der Waals surface area contributed by atoms with Crippen LogP contribution in [0.15, 0.2) is 41.3 Å². The van der Waals surface area contributed by atoms with Crippen LogP contribution in [0.4, 0.5) is 0 Å². The lowest BCUT2D eigenvalue weighted by Gasteiger charge is -2.13. The second kappa shape index (κ2) is 6.84. The molecule has 0 saturated heterocycles. The van der Waals surface area contributed by atoms with Gasteiger partial charge in [-0.2, -0.15) is 5.26 Å². The topological polar surface area (TPSA) is 58.3 Å². The van der Waals surface area contributed by atoms with Crippen molar-refractivity contribution in [1.29, 1.82) is 5.26 Å². The quantitative estimate of drug-likeness (QED) is 0.871. The predicted octanol–water partition coefficient (Wildman–Crippen LogP) is 2.56. The van der Waals surface area contributed by atoms with Crippen LogP contribution in [0.5, 0.6) is 5.75 Å². The molecule has 0 aliphatic heterocycles. The molecule has 0 radical (unpaired) electrons. The van der Waals surface area contributed by atoms with E-state index in [0.29, 0.717) is 17.0 Å². The Bertz CT molecular complexity index is 825. The summed E-state index contributed by atoms with van der Waals surface area (Å²) in [6.07, 6.45) is 3.58. The first kappa shape index (κ1) is 16.4. The summed E-state index contributed by atoms with van der Waals surface area (Å²) in [5, 5.41) is 9.38. The molecular formula is C18H19N3O2. The van der Waals surface area contributed by atoms with E-state index in [4.69, 9.17) is 4.74 Å². The zero-order chi connectivity index (χ0) is 17.0. The molecule has 118 valence electrons. The summed E-state index contributed by atoms with van der Waals surface area (Å²) in [7, 11) is 5.36. The molecule has 1 aromatic carbocycles. The first-order valence-corrected chi connectivity index (χ1v) is 7.13. The number of methoxy groups -OCH3 is 1. The summed E-state index contributed by atoms with van der Waals surface area (Å²) in [6.45, 7) is 1.85. The van der Waals surface area contributed by atoms with Crippen molar-refractivity contribution in [3.8, 4) is 17.5 Å². The first-order chi connectivity index (χ1) is 11.0. The van der Waals surface area contributed by atoms with Crippen LogP contribution in [-0.4, -0.2) is 30.7 Å². The van der Waals surface area contributed by atoms with E-state index in [1.807, 2.05) is 44.3 Å². The van der Waals surface area contributed by atoms with Gasteiger partial charge in [0.2, 0.25) is 0 Å². The van der Waals surface area contributed by atoms with Crippen molar-refractivity contribution in [2.24, 2.45) is 0 Å². The number of pyridine rings is 1. The van der Waals surface area contributed by atoms with E-state index in [-0.39, 0.29) is 11.1 Å². The van der Waals surface area contributed by atoms with Gasteiger partial charge in [0.05, 0.1) is 7.11 Å². The average molecular weight is 309 g/mol. The lowest BCUT2D eigenvalue weighted by atomic mass is 10.1. The minimum atomic E-state index is -0.323. The van der Waals surface area contributed by atoms with Crippen LogP contribution < -0.4 is 10.3 Å². The Labute approximate surface area is 135 Å². The number of rotatable bonds is 4. The van der Waals surface area contributed by atoms with Gasteiger partial charge in [-0.1, -0.05) is 0 Å². The maximum absolute atomic E-state index is 12.7. The molecule has 0 bridgehead atoms. The molecule has 0 fully saturated rings. The van der Waals surface area contributed by atoms with Gasteiger partial charge < -0.3 is 9.64 Å². The number of hydrogen-bond acceptors (Lipinski definition) is 4. The van der Waals surface area contributed by atoms with E-state index in [9.17, 15) is 10.1 Å². The van der Waals surface area contributed by atoms with E-state index >= 15 is 0 Å². The summed E-state index contributed by atoms with van der Waals surface area (Å²) in [5.41, 5.74) is 1.89. The minimum absolute atomic E-state index is 0.129. The highest BCUT2D eigenvalue weighted by molar-refractivity contribution is 5.58. The molecule has 23 heavy (non-hydrogen) atoms. The van der Waals surface area contributed by atoms with Gasteiger partial charge >= 0.3 is 0 Å². The van der Waals surface area contributed by atoms with Gasteiger partial charge in [0.15, 0.2) is 0 Å². The molecule has 0 N–H and O–H groups in total. The van der Waals surface area contributed by atoms with Crippen molar-refractivity contribution in [2.75, 3.05) is 21.2 Å². The normalized spacial score (nSPS) is 10.6. The van der Waals surface area contributed by atoms with Crippen molar-refractivity contribution in [3.63, 3.8) is 0 Å². The number of nitrogens with zero attached hydrogens (tertiary/aromatic N) is 3. The molecule has 1 aromatic heterocycles. The van der Waals surface area contributed by atoms with Crippen LogP contribution >= 0.6 is 0 Å². The lowest BCUT2D eigenvalue weighted by molar-refractivity contribution is 0.414. The van der Waals surface area contributed by atoms with Crippen LogP contribution in [0, 0.1) is 18.3 Å². The Morgan fingerprint density at radius 2 is 1.91 bits per heavy atom. The number of hydrogen-bond donors (Lipinski definition) is 0. The van der Waals surface area contributed by atoms with Gasteiger partial charge in [-0.15, -0.1) is 0 Å². The SMILES string of the molecule is COc1ccc(-n2c(C)cc(/C=C/N(C)C)c(C#N)c2=O)cc1. The Hall–Kier alpha value is -3.00. The highest BCUT2D eigenvalue weighted by Crippen LogP contribution is 2.17. The Morgan fingerprint density at radius 3 is 2.43 bits per heavy atom. The zero-order valence-electron chi connectivity index (χ0n) is 13.7. The Balaban J connectivity index is 2.62. The summed E-state index contributed by atoms with van der Waals surface area (Å²) in [4.78, 5) is 14.6. The van der Waals surface area contributed by atoms with Gasteiger partial charge in [-0.05, 0) is 49.5 Å².